The van der Waals surface area contributed by atoms with Crippen LogP contribution >= 0.6 is 23.2 Å². The van der Waals surface area contributed by atoms with Crippen LogP contribution in [0.15, 0.2) is 18.2 Å². The molecule has 0 unspecified atom stereocenters. The topological polar surface area (TPSA) is 41.9 Å². The van der Waals surface area contributed by atoms with Gasteiger partial charge in [0.25, 0.3) is 0 Å². The second-order valence-corrected chi connectivity index (χ2v) is 5.19. The number of aliphatic hydroxyl groups excluding tert-OH is 1. The van der Waals surface area contributed by atoms with Crippen molar-refractivity contribution in [3.8, 4) is 5.75 Å². The molecule has 1 N–H and O–H groups in total. The molecule has 0 spiro atoms. The van der Waals surface area contributed by atoms with Gasteiger partial charge in [-0.15, -0.1) is 0 Å². The van der Waals surface area contributed by atoms with Gasteiger partial charge in [-0.05, 0) is 12.1 Å². The highest BCUT2D eigenvalue weighted by Crippen LogP contribution is 2.32. The Balaban J connectivity index is 1.88. The van der Waals surface area contributed by atoms with Crippen LogP contribution in [0.3, 0.4) is 0 Å². The molecule has 2 rings (SSSR count). The molecule has 0 bridgehead atoms. The van der Waals surface area contributed by atoms with E-state index in [4.69, 9.17) is 37.8 Å². The van der Waals surface area contributed by atoms with Crippen molar-refractivity contribution in [3.63, 3.8) is 0 Å². The Morgan fingerprint density at radius 2 is 2.11 bits per heavy atom. The summed E-state index contributed by atoms with van der Waals surface area (Å²) in [4.78, 5) is 2.14. The number of ether oxygens (including phenoxy) is 2. The molecule has 0 amide bonds. The largest absolute Gasteiger partial charge is 0.488 e. The summed E-state index contributed by atoms with van der Waals surface area (Å²) in [5.41, 5.74) is 0. The lowest BCUT2D eigenvalue weighted by molar-refractivity contribution is -0.0508. The zero-order valence-electron chi connectivity index (χ0n) is 10.5. The van der Waals surface area contributed by atoms with Gasteiger partial charge in [0.05, 0.1) is 23.3 Å². The van der Waals surface area contributed by atoms with E-state index in [0.717, 1.165) is 13.1 Å². The summed E-state index contributed by atoms with van der Waals surface area (Å²) < 4.78 is 11.3. The maximum absolute atomic E-state index is 8.94. The predicted molar refractivity (Wildman–Crippen MR) is 75.2 cm³/mol. The van der Waals surface area contributed by atoms with Gasteiger partial charge in [-0.2, -0.15) is 0 Å². The lowest BCUT2D eigenvalue weighted by atomic mass is 10.3. The van der Waals surface area contributed by atoms with Gasteiger partial charge in [0.2, 0.25) is 0 Å². The van der Waals surface area contributed by atoms with Crippen LogP contribution in [0.2, 0.25) is 10.0 Å². The molecule has 0 aliphatic carbocycles. The molecule has 1 atom stereocenters. The number of morpholine rings is 1. The SMILES string of the molecule is OCCN1CCO[C@@H](COc2c(Cl)cccc2Cl)C1. The lowest BCUT2D eigenvalue weighted by Gasteiger charge is -2.32. The summed E-state index contributed by atoms with van der Waals surface area (Å²) in [6.45, 7) is 3.43. The molecule has 106 valence electrons. The van der Waals surface area contributed by atoms with Crippen molar-refractivity contribution in [2.24, 2.45) is 0 Å². The van der Waals surface area contributed by atoms with Crippen molar-refractivity contribution in [1.29, 1.82) is 0 Å². The Hall–Kier alpha value is -0.520. The fourth-order valence-corrected chi connectivity index (χ4v) is 2.53. The summed E-state index contributed by atoms with van der Waals surface area (Å²) in [7, 11) is 0. The molecular formula is C13H17Cl2NO3. The summed E-state index contributed by atoms with van der Waals surface area (Å²) >= 11 is 12.1. The fourth-order valence-electron chi connectivity index (χ4n) is 2.02. The maximum atomic E-state index is 8.94. The van der Waals surface area contributed by atoms with Gasteiger partial charge in [0.1, 0.15) is 12.7 Å². The first-order chi connectivity index (χ1) is 9.20. The Bertz CT molecular complexity index is 395. The molecular weight excluding hydrogens is 289 g/mol. The first-order valence-corrected chi connectivity index (χ1v) is 6.98. The molecule has 0 aromatic heterocycles. The number of nitrogens with zero attached hydrogens (tertiary/aromatic N) is 1. The molecule has 1 aliphatic heterocycles. The Morgan fingerprint density at radius 3 is 2.79 bits per heavy atom. The molecule has 0 radical (unpaired) electrons. The average molecular weight is 306 g/mol. The van der Waals surface area contributed by atoms with Gasteiger partial charge in [-0.25, -0.2) is 0 Å². The number of rotatable bonds is 5. The quantitative estimate of drug-likeness (QED) is 0.904. The van der Waals surface area contributed by atoms with Crippen molar-refractivity contribution >= 4 is 23.2 Å². The zero-order valence-corrected chi connectivity index (χ0v) is 12.0. The molecule has 1 aliphatic rings. The minimum Gasteiger partial charge on any atom is -0.488 e. The molecule has 19 heavy (non-hydrogen) atoms. The highest BCUT2D eigenvalue weighted by molar-refractivity contribution is 6.37. The molecule has 1 fully saturated rings. The molecule has 4 nitrogen and oxygen atoms in total. The Kier molecular flexibility index (Phi) is 5.73. The molecule has 1 aromatic carbocycles. The Morgan fingerprint density at radius 1 is 1.37 bits per heavy atom. The van der Waals surface area contributed by atoms with Crippen LogP contribution in [0.4, 0.5) is 0 Å². The van der Waals surface area contributed by atoms with Crippen LogP contribution in [-0.2, 0) is 4.74 Å². The van der Waals surface area contributed by atoms with Crippen LogP contribution in [0, 0.1) is 0 Å². The zero-order chi connectivity index (χ0) is 13.7. The van der Waals surface area contributed by atoms with Crippen molar-refractivity contribution in [3.05, 3.63) is 28.2 Å². The highest BCUT2D eigenvalue weighted by atomic mass is 35.5. The number of para-hydroxylation sites is 1. The van der Waals surface area contributed by atoms with Crippen molar-refractivity contribution in [2.75, 3.05) is 39.5 Å². The summed E-state index contributed by atoms with van der Waals surface area (Å²) in [5, 5.41) is 9.93. The van der Waals surface area contributed by atoms with Crippen molar-refractivity contribution < 1.29 is 14.6 Å². The van der Waals surface area contributed by atoms with Gasteiger partial charge in [0, 0.05) is 19.6 Å². The third kappa shape index (κ3) is 4.23. The number of aliphatic hydroxyl groups is 1. The second kappa shape index (κ2) is 7.31. The van der Waals surface area contributed by atoms with Gasteiger partial charge in [-0.3, -0.25) is 4.90 Å². The Labute approximate surface area is 122 Å². The van der Waals surface area contributed by atoms with Crippen LogP contribution in [0.5, 0.6) is 5.75 Å². The third-order valence-electron chi connectivity index (χ3n) is 2.97. The summed E-state index contributed by atoms with van der Waals surface area (Å²) in [6, 6.07) is 5.25. The van der Waals surface area contributed by atoms with Crippen LogP contribution in [0.25, 0.3) is 0 Å². The molecule has 1 aromatic rings. The molecule has 1 saturated heterocycles. The third-order valence-corrected chi connectivity index (χ3v) is 3.57. The number of β-amino-alcohol motifs (C(OH)–C–C–N with tert-alkyl or cyclic N) is 1. The van der Waals surface area contributed by atoms with Gasteiger partial charge >= 0.3 is 0 Å². The maximum Gasteiger partial charge on any atom is 0.156 e. The monoisotopic (exact) mass is 305 g/mol. The molecule has 6 heteroatoms. The van der Waals surface area contributed by atoms with Crippen LogP contribution in [-0.4, -0.2) is 55.6 Å². The first kappa shape index (κ1) is 14.9. The van der Waals surface area contributed by atoms with E-state index in [1.54, 1.807) is 18.2 Å². The minimum absolute atomic E-state index is 0.0346. The van der Waals surface area contributed by atoms with Gasteiger partial charge < -0.3 is 14.6 Å². The number of hydrogen-bond acceptors (Lipinski definition) is 4. The fraction of sp³-hybridized carbons (Fsp3) is 0.538. The normalized spacial score (nSPS) is 20.5. The highest BCUT2D eigenvalue weighted by Gasteiger charge is 2.21. The van der Waals surface area contributed by atoms with E-state index >= 15 is 0 Å². The van der Waals surface area contributed by atoms with Crippen molar-refractivity contribution in [1.82, 2.24) is 4.90 Å². The average Bonchev–Trinajstić information content (AvgIpc) is 2.39. The number of hydrogen-bond donors (Lipinski definition) is 1. The van der Waals surface area contributed by atoms with E-state index in [0.29, 0.717) is 35.6 Å². The standard InChI is InChI=1S/C13H17Cl2NO3/c14-11-2-1-3-12(15)13(11)19-9-10-8-16(4-6-17)5-7-18-10/h1-3,10,17H,4-9H2/t10-/m1/s1. The smallest absolute Gasteiger partial charge is 0.156 e. The second-order valence-electron chi connectivity index (χ2n) is 4.38. The van der Waals surface area contributed by atoms with Gasteiger partial charge in [-0.1, -0.05) is 29.3 Å². The molecule has 1 heterocycles. The first-order valence-electron chi connectivity index (χ1n) is 6.22. The number of benzene rings is 1. The van der Waals surface area contributed by atoms with Crippen LogP contribution in [0.1, 0.15) is 0 Å². The predicted octanol–water partition coefficient (Wildman–Crippen LogP) is 2.07. The lowest BCUT2D eigenvalue weighted by Crippen LogP contribution is -2.45. The number of halogens is 2. The summed E-state index contributed by atoms with van der Waals surface area (Å²) in [5.74, 6) is 0.494. The van der Waals surface area contributed by atoms with Crippen LogP contribution < -0.4 is 4.74 Å². The summed E-state index contributed by atoms with van der Waals surface area (Å²) in [6.07, 6.45) is -0.0346. The van der Waals surface area contributed by atoms with E-state index in [1.165, 1.54) is 0 Å². The van der Waals surface area contributed by atoms with E-state index in [9.17, 15) is 0 Å². The van der Waals surface area contributed by atoms with Gasteiger partial charge in [0.15, 0.2) is 5.75 Å². The van der Waals surface area contributed by atoms with E-state index in [1.807, 2.05) is 0 Å². The van der Waals surface area contributed by atoms with E-state index in [-0.39, 0.29) is 12.7 Å². The van der Waals surface area contributed by atoms with E-state index in [2.05, 4.69) is 4.90 Å². The minimum atomic E-state index is -0.0346. The molecule has 0 saturated carbocycles. The van der Waals surface area contributed by atoms with E-state index < -0.39 is 0 Å². The van der Waals surface area contributed by atoms with Crippen molar-refractivity contribution in [2.45, 2.75) is 6.10 Å².